The Bertz CT molecular complexity index is 529. The van der Waals surface area contributed by atoms with Crippen LogP contribution in [0.5, 0.6) is 0 Å². The highest BCUT2D eigenvalue weighted by molar-refractivity contribution is 7.99. The second kappa shape index (κ2) is 8.68. The molecule has 5 nitrogen and oxygen atoms in total. The van der Waals surface area contributed by atoms with Gasteiger partial charge in [0.15, 0.2) is 5.96 Å². The maximum atomic E-state index is 11.2. The fraction of sp³-hybridized carbons (Fsp3) is 0.500. The van der Waals surface area contributed by atoms with Gasteiger partial charge in [-0.15, -0.1) is 0 Å². The summed E-state index contributed by atoms with van der Waals surface area (Å²) in [7, 11) is 0. The van der Waals surface area contributed by atoms with Gasteiger partial charge >= 0.3 is 0 Å². The van der Waals surface area contributed by atoms with Crippen LogP contribution in [0, 0.1) is 0 Å². The van der Waals surface area contributed by atoms with Crippen LogP contribution in [0.1, 0.15) is 36.7 Å². The van der Waals surface area contributed by atoms with Crippen molar-refractivity contribution in [3.8, 4) is 0 Å². The zero-order valence-corrected chi connectivity index (χ0v) is 14.6. The van der Waals surface area contributed by atoms with E-state index in [2.05, 4.69) is 35.7 Å². The minimum Gasteiger partial charge on any atom is -0.366 e. The number of carbonyl (C=O) groups is 1. The average Bonchev–Trinajstić information content (AvgIpc) is 2.50. The molecule has 6 heteroatoms. The number of benzene rings is 1. The summed E-state index contributed by atoms with van der Waals surface area (Å²) in [5.41, 5.74) is 6.76. The van der Waals surface area contributed by atoms with E-state index in [1.54, 1.807) is 12.1 Å². The van der Waals surface area contributed by atoms with Crippen molar-refractivity contribution in [2.75, 3.05) is 19.3 Å². The third kappa shape index (κ3) is 6.39. The molecule has 22 heavy (non-hydrogen) atoms. The van der Waals surface area contributed by atoms with Crippen molar-refractivity contribution in [2.24, 2.45) is 10.7 Å². The Kier molecular flexibility index (Phi) is 7.24. The summed E-state index contributed by atoms with van der Waals surface area (Å²) in [4.78, 5) is 15.8. The van der Waals surface area contributed by atoms with Crippen LogP contribution in [0.25, 0.3) is 0 Å². The molecule has 0 aliphatic rings. The zero-order valence-electron chi connectivity index (χ0n) is 13.8. The molecule has 0 radical (unpaired) electrons. The minimum absolute atomic E-state index is 0.141. The molecule has 0 atom stereocenters. The van der Waals surface area contributed by atoms with Gasteiger partial charge in [-0.1, -0.05) is 12.1 Å². The highest BCUT2D eigenvalue weighted by atomic mass is 32.2. The lowest BCUT2D eigenvalue weighted by Gasteiger charge is -2.23. The number of aliphatic imine (C=N–C) groups is 1. The van der Waals surface area contributed by atoms with E-state index in [4.69, 9.17) is 5.73 Å². The molecule has 1 rings (SSSR count). The van der Waals surface area contributed by atoms with Crippen LogP contribution in [0.2, 0.25) is 0 Å². The van der Waals surface area contributed by atoms with Gasteiger partial charge in [0, 0.05) is 23.4 Å². The van der Waals surface area contributed by atoms with Gasteiger partial charge in [0.25, 0.3) is 0 Å². The Morgan fingerprint density at radius 1 is 1.36 bits per heavy atom. The van der Waals surface area contributed by atoms with Gasteiger partial charge in [0.2, 0.25) is 5.91 Å². The summed E-state index contributed by atoms with van der Waals surface area (Å²) < 4.78 is 0.141. The zero-order chi connectivity index (χ0) is 16.6. The van der Waals surface area contributed by atoms with Gasteiger partial charge in [0.1, 0.15) is 0 Å². The van der Waals surface area contributed by atoms with Crippen molar-refractivity contribution in [1.82, 2.24) is 10.6 Å². The van der Waals surface area contributed by atoms with Crippen LogP contribution in [0.4, 0.5) is 0 Å². The van der Waals surface area contributed by atoms with Gasteiger partial charge in [0.05, 0.1) is 6.54 Å². The molecule has 1 amide bonds. The normalized spacial score (nSPS) is 12.1. The monoisotopic (exact) mass is 322 g/mol. The highest BCUT2D eigenvalue weighted by Gasteiger charge is 2.16. The van der Waals surface area contributed by atoms with Crippen LogP contribution in [-0.2, 0) is 6.54 Å². The van der Waals surface area contributed by atoms with Crippen molar-refractivity contribution in [2.45, 2.75) is 32.1 Å². The van der Waals surface area contributed by atoms with Crippen LogP contribution < -0.4 is 16.4 Å². The van der Waals surface area contributed by atoms with Gasteiger partial charge in [-0.3, -0.25) is 4.79 Å². The van der Waals surface area contributed by atoms with Crippen LogP contribution in [-0.4, -0.2) is 36.0 Å². The van der Waals surface area contributed by atoms with Gasteiger partial charge in [-0.05, 0) is 44.7 Å². The quantitative estimate of drug-likeness (QED) is 0.530. The van der Waals surface area contributed by atoms with Gasteiger partial charge < -0.3 is 16.4 Å². The van der Waals surface area contributed by atoms with E-state index in [0.29, 0.717) is 12.1 Å². The number of nitrogens with zero attached hydrogens (tertiary/aromatic N) is 1. The van der Waals surface area contributed by atoms with Gasteiger partial charge in [-0.2, -0.15) is 11.8 Å². The first-order valence-corrected chi connectivity index (χ1v) is 8.56. The average molecular weight is 322 g/mol. The standard InChI is InChI=1S/C16H26N4OS/c1-5-18-15(20-11-16(2,3)22-4)19-10-12-7-6-8-13(9-12)14(17)21/h6-9H,5,10-11H2,1-4H3,(H2,17,21)(H2,18,19,20). The number of nitrogens with one attached hydrogen (secondary N) is 2. The summed E-state index contributed by atoms with van der Waals surface area (Å²) in [6.45, 7) is 8.52. The Hall–Kier alpha value is -1.69. The molecule has 1 aromatic rings. The summed E-state index contributed by atoms with van der Waals surface area (Å²) in [6.07, 6.45) is 2.10. The maximum absolute atomic E-state index is 11.2. The number of hydrogen-bond acceptors (Lipinski definition) is 3. The molecule has 0 spiro atoms. The first-order valence-electron chi connectivity index (χ1n) is 7.34. The SMILES string of the molecule is CCNC(=NCc1cccc(C(N)=O)c1)NCC(C)(C)SC. The molecular weight excluding hydrogens is 296 g/mol. The molecule has 1 aromatic carbocycles. The number of thioether (sulfide) groups is 1. The fourth-order valence-electron chi connectivity index (χ4n) is 1.70. The van der Waals surface area contributed by atoms with Crippen molar-refractivity contribution in [3.05, 3.63) is 35.4 Å². The number of guanidine groups is 1. The Labute approximate surface area is 137 Å². The lowest BCUT2D eigenvalue weighted by Crippen LogP contribution is -2.43. The smallest absolute Gasteiger partial charge is 0.248 e. The van der Waals surface area contributed by atoms with E-state index in [9.17, 15) is 4.79 Å². The van der Waals surface area contributed by atoms with Crippen LogP contribution in [0.3, 0.4) is 0 Å². The molecule has 0 heterocycles. The lowest BCUT2D eigenvalue weighted by atomic mass is 10.1. The fourth-order valence-corrected chi connectivity index (χ4v) is 1.92. The number of hydrogen-bond donors (Lipinski definition) is 3. The Morgan fingerprint density at radius 2 is 2.09 bits per heavy atom. The van der Waals surface area contributed by atoms with E-state index in [1.165, 1.54) is 0 Å². The first kappa shape index (κ1) is 18.4. The maximum Gasteiger partial charge on any atom is 0.248 e. The molecule has 0 aliphatic heterocycles. The number of primary amides is 1. The Balaban J connectivity index is 2.73. The molecule has 0 bridgehead atoms. The molecule has 0 aromatic heterocycles. The summed E-state index contributed by atoms with van der Waals surface area (Å²) >= 11 is 1.81. The molecule has 0 aliphatic carbocycles. The number of amides is 1. The van der Waals surface area contributed by atoms with Crippen LogP contribution >= 0.6 is 11.8 Å². The first-order chi connectivity index (χ1) is 10.4. The lowest BCUT2D eigenvalue weighted by molar-refractivity contribution is 0.1000. The predicted octanol–water partition coefficient (Wildman–Crippen LogP) is 1.98. The number of carbonyl (C=O) groups excluding carboxylic acids is 1. The topological polar surface area (TPSA) is 79.5 Å². The summed E-state index contributed by atoms with van der Waals surface area (Å²) in [5, 5.41) is 6.57. The van der Waals surface area contributed by atoms with E-state index in [1.807, 2.05) is 30.8 Å². The Morgan fingerprint density at radius 3 is 2.68 bits per heavy atom. The van der Waals surface area contributed by atoms with E-state index in [0.717, 1.165) is 24.6 Å². The number of nitrogens with two attached hydrogens (primary N) is 1. The molecule has 0 saturated heterocycles. The molecule has 0 unspecified atom stereocenters. The summed E-state index contributed by atoms with van der Waals surface area (Å²) in [6, 6.07) is 7.24. The molecular formula is C16H26N4OS. The predicted molar refractivity (Wildman–Crippen MR) is 95.4 cm³/mol. The minimum atomic E-state index is -0.419. The molecule has 0 saturated carbocycles. The third-order valence-electron chi connectivity index (χ3n) is 3.21. The molecule has 0 fully saturated rings. The second-order valence-electron chi connectivity index (χ2n) is 5.58. The van der Waals surface area contributed by atoms with Crippen molar-refractivity contribution in [1.29, 1.82) is 0 Å². The third-order valence-corrected chi connectivity index (χ3v) is 4.46. The van der Waals surface area contributed by atoms with Crippen LogP contribution in [0.15, 0.2) is 29.3 Å². The molecule has 122 valence electrons. The van der Waals surface area contributed by atoms with Gasteiger partial charge in [-0.25, -0.2) is 4.99 Å². The molecule has 4 N–H and O–H groups in total. The summed E-state index contributed by atoms with van der Waals surface area (Å²) in [5.74, 6) is 0.353. The van der Waals surface area contributed by atoms with Crippen molar-refractivity contribution < 1.29 is 4.79 Å². The number of rotatable bonds is 7. The van der Waals surface area contributed by atoms with E-state index >= 15 is 0 Å². The van der Waals surface area contributed by atoms with E-state index < -0.39 is 5.91 Å². The second-order valence-corrected chi connectivity index (χ2v) is 7.09. The largest absolute Gasteiger partial charge is 0.366 e. The van der Waals surface area contributed by atoms with E-state index in [-0.39, 0.29) is 4.75 Å². The highest BCUT2D eigenvalue weighted by Crippen LogP contribution is 2.19. The van der Waals surface area contributed by atoms with Crippen molar-refractivity contribution >= 4 is 23.6 Å². The van der Waals surface area contributed by atoms with Crippen molar-refractivity contribution in [3.63, 3.8) is 0 Å².